The normalized spacial score (nSPS) is 10.6. The van der Waals surface area contributed by atoms with Crippen molar-refractivity contribution in [2.24, 2.45) is 0 Å². The van der Waals surface area contributed by atoms with Crippen LogP contribution >= 0.6 is 0 Å². The van der Waals surface area contributed by atoms with Crippen LogP contribution in [-0.2, 0) is 20.7 Å². The number of rotatable bonds is 8. The molecule has 1 amide bonds. The lowest BCUT2D eigenvalue weighted by atomic mass is 10.1. The van der Waals surface area contributed by atoms with Crippen LogP contribution in [0.3, 0.4) is 0 Å². The molecule has 0 atom stereocenters. The number of hydrogen-bond acceptors (Lipinski definition) is 5. The first-order valence-electron chi connectivity index (χ1n) is 9.86. The van der Waals surface area contributed by atoms with Crippen molar-refractivity contribution in [1.82, 2.24) is 9.78 Å². The zero-order valence-corrected chi connectivity index (χ0v) is 17.6. The van der Waals surface area contributed by atoms with Gasteiger partial charge in [0.15, 0.2) is 6.61 Å². The van der Waals surface area contributed by atoms with Gasteiger partial charge in [-0.25, -0.2) is 13.9 Å². The van der Waals surface area contributed by atoms with Crippen LogP contribution < -0.4 is 10.1 Å². The third-order valence-corrected chi connectivity index (χ3v) is 4.63. The summed E-state index contributed by atoms with van der Waals surface area (Å²) >= 11 is 0. The summed E-state index contributed by atoms with van der Waals surface area (Å²) in [4.78, 5) is 24.1. The molecule has 3 aromatic rings. The Balaban J connectivity index is 1.67. The fraction of sp³-hybridized carbons (Fsp3) is 0.261. The van der Waals surface area contributed by atoms with E-state index in [1.165, 1.54) is 12.1 Å². The van der Waals surface area contributed by atoms with Gasteiger partial charge in [0, 0.05) is 23.0 Å². The topological polar surface area (TPSA) is 82.4 Å². The zero-order valence-electron chi connectivity index (χ0n) is 17.6. The molecule has 8 heteroatoms. The van der Waals surface area contributed by atoms with E-state index in [-0.39, 0.29) is 31.4 Å². The number of halogens is 1. The largest absolute Gasteiger partial charge is 0.482 e. The van der Waals surface area contributed by atoms with Crippen molar-refractivity contribution in [3.8, 4) is 11.4 Å². The van der Waals surface area contributed by atoms with Gasteiger partial charge in [0.05, 0.1) is 24.4 Å². The van der Waals surface area contributed by atoms with Gasteiger partial charge in [-0.2, -0.15) is 5.10 Å². The number of benzene rings is 2. The van der Waals surface area contributed by atoms with Gasteiger partial charge in [0.2, 0.25) is 5.91 Å². The molecule has 0 saturated heterocycles. The molecule has 162 valence electrons. The molecule has 0 fully saturated rings. The number of carbonyl (C=O) groups is 2. The Bertz CT molecular complexity index is 1080. The fourth-order valence-corrected chi connectivity index (χ4v) is 3.14. The standard InChI is InChI=1S/C23H24FN3O4/c1-4-30-23(29)14-31-20-7-5-6-18(12-20)25-22(28)13-21-15(2)26-27(16(21)3)19-10-8-17(24)9-11-19/h5-12H,4,13-14H2,1-3H3,(H,25,28). The van der Waals surface area contributed by atoms with E-state index in [0.29, 0.717) is 11.4 Å². The van der Waals surface area contributed by atoms with Gasteiger partial charge in [-0.3, -0.25) is 4.79 Å². The van der Waals surface area contributed by atoms with Crippen LogP contribution in [-0.4, -0.2) is 34.9 Å². The Labute approximate surface area is 179 Å². The minimum atomic E-state index is -0.457. The highest BCUT2D eigenvalue weighted by atomic mass is 19.1. The van der Waals surface area contributed by atoms with Crippen molar-refractivity contribution >= 4 is 17.6 Å². The van der Waals surface area contributed by atoms with Crippen LogP contribution in [0.1, 0.15) is 23.9 Å². The molecule has 0 bridgehead atoms. The van der Waals surface area contributed by atoms with E-state index in [2.05, 4.69) is 10.4 Å². The van der Waals surface area contributed by atoms with Crippen molar-refractivity contribution in [2.45, 2.75) is 27.2 Å². The summed E-state index contributed by atoms with van der Waals surface area (Å²) in [5.74, 6) is -0.547. The molecule has 3 rings (SSSR count). The number of nitrogens with one attached hydrogen (secondary N) is 1. The second-order valence-corrected chi connectivity index (χ2v) is 6.88. The number of aryl methyl sites for hydroxylation is 1. The highest BCUT2D eigenvalue weighted by Gasteiger charge is 2.16. The molecule has 0 spiro atoms. The Kier molecular flexibility index (Phi) is 7.02. The lowest BCUT2D eigenvalue weighted by Gasteiger charge is -2.09. The second kappa shape index (κ2) is 9.88. The van der Waals surface area contributed by atoms with Gasteiger partial charge in [-0.15, -0.1) is 0 Å². The summed E-state index contributed by atoms with van der Waals surface area (Å²) in [6.45, 7) is 5.51. The number of ether oxygens (including phenoxy) is 2. The lowest BCUT2D eigenvalue weighted by Crippen LogP contribution is -2.16. The summed E-state index contributed by atoms with van der Waals surface area (Å²) in [6.07, 6.45) is 0.132. The lowest BCUT2D eigenvalue weighted by molar-refractivity contribution is -0.145. The first-order valence-corrected chi connectivity index (χ1v) is 9.86. The maximum atomic E-state index is 13.2. The molecular weight excluding hydrogens is 401 g/mol. The second-order valence-electron chi connectivity index (χ2n) is 6.88. The van der Waals surface area contributed by atoms with Gasteiger partial charge in [0.25, 0.3) is 0 Å². The van der Waals surface area contributed by atoms with E-state index in [9.17, 15) is 14.0 Å². The summed E-state index contributed by atoms with van der Waals surface area (Å²) < 4.78 is 25.1. The summed E-state index contributed by atoms with van der Waals surface area (Å²) in [5.41, 5.74) is 3.61. The Morgan fingerprint density at radius 3 is 2.58 bits per heavy atom. The predicted molar refractivity (Wildman–Crippen MR) is 114 cm³/mol. The Hall–Kier alpha value is -3.68. The van der Waals surface area contributed by atoms with Gasteiger partial charge < -0.3 is 14.8 Å². The maximum Gasteiger partial charge on any atom is 0.344 e. The van der Waals surface area contributed by atoms with Crippen LogP contribution in [0.2, 0.25) is 0 Å². The minimum absolute atomic E-state index is 0.132. The molecule has 0 aliphatic rings. The predicted octanol–water partition coefficient (Wildman–Crippen LogP) is 3.75. The molecule has 1 aromatic heterocycles. The Morgan fingerprint density at radius 2 is 1.87 bits per heavy atom. The highest BCUT2D eigenvalue weighted by molar-refractivity contribution is 5.92. The average molecular weight is 425 g/mol. The molecule has 2 aromatic carbocycles. The number of amides is 1. The van der Waals surface area contributed by atoms with Gasteiger partial charge in [-0.05, 0) is 57.2 Å². The van der Waals surface area contributed by atoms with E-state index >= 15 is 0 Å². The third-order valence-electron chi connectivity index (χ3n) is 4.63. The van der Waals surface area contributed by atoms with Crippen molar-refractivity contribution in [1.29, 1.82) is 0 Å². The van der Waals surface area contributed by atoms with E-state index in [0.717, 1.165) is 22.6 Å². The smallest absolute Gasteiger partial charge is 0.344 e. The van der Waals surface area contributed by atoms with Crippen LogP contribution in [0.15, 0.2) is 48.5 Å². The Morgan fingerprint density at radius 1 is 1.13 bits per heavy atom. The minimum Gasteiger partial charge on any atom is -0.482 e. The number of anilines is 1. The summed E-state index contributed by atoms with van der Waals surface area (Å²) in [6, 6.07) is 12.8. The number of hydrogen-bond donors (Lipinski definition) is 1. The van der Waals surface area contributed by atoms with Gasteiger partial charge in [-0.1, -0.05) is 6.07 Å². The monoisotopic (exact) mass is 425 g/mol. The molecule has 0 unspecified atom stereocenters. The molecule has 0 aliphatic carbocycles. The van der Waals surface area contributed by atoms with E-state index in [1.807, 2.05) is 13.8 Å². The van der Waals surface area contributed by atoms with Crippen LogP contribution in [0, 0.1) is 19.7 Å². The van der Waals surface area contributed by atoms with Crippen molar-refractivity contribution in [2.75, 3.05) is 18.5 Å². The number of esters is 1. The van der Waals surface area contributed by atoms with E-state index in [4.69, 9.17) is 9.47 Å². The maximum absolute atomic E-state index is 13.2. The van der Waals surface area contributed by atoms with Gasteiger partial charge in [0.1, 0.15) is 11.6 Å². The molecule has 31 heavy (non-hydrogen) atoms. The fourth-order valence-electron chi connectivity index (χ4n) is 3.14. The summed E-state index contributed by atoms with van der Waals surface area (Å²) in [7, 11) is 0. The van der Waals surface area contributed by atoms with Crippen molar-refractivity contribution < 1.29 is 23.5 Å². The van der Waals surface area contributed by atoms with E-state index in [1.54, 1.807) is 48.0 Å². The summed E-state index contributed by atoms with van der Waals surface area (Å²) in [5, 5.41) is 7.32. The van der Waals surface area contributed by atoms with Crippen molar-refractivity contribution in [3.63, 3.8) is 0 Å². The molecule has 0 saturated carbocycles. The molecule has 0 radical (unpaired) electrons. The first-order chi connectivity index (χ1) is 14.9. The zero-order chi connectivity index (χ0) is 22.4. The molecular formula is C23H24FN3O4. The number of nitrogens with zero attached hydrogens (tertiary/aromatic N) is 2. The van der Waals surface area contributed by atoms with E-state index < -0.39 is 5.97 Å². The highest BCUT2D eigenvalue weighted by Crippen LogP contribution is 2.21. The van der Waals surface area contributed by atoms with Crippen LogP contribution in [0.4, 0.5) is 10.1 Å². The van der Waals surface area contributed by atoms with Crippen LogP contribution in [0.5, 0.6) is 5.75 Å². The van der Waals surface area contributed by atoms with Gasteiger partial charge >= 0.3 is 5.97 Å². The molecule has 1 heterocycles. The molecule has 1 N–H and O–H groups in total. The third kappa shape index (κ3) is 5.69. The number of aromatic nitrogens is 2. The molecule has 7 nitrogen and oxygen atoms in total. The molecule has 0 aliphatic heterocycles. The van der Waals surface area contributed by atoms with Crippen molar-refractivity contribution in [3.05, 3.63) is 71.3 Å². The van der Waals surface area contributed by atoms with Crippen LogP contribution in [0.25, 0.3) is 5.69 Å². The average Bonchev–Trinajstić information content (AvgIpc) is 3.01. The first kappa shape index (κ1) is 22.0. The quantitative estimate of drug-likeness (QED) is 0.556. The SMILES string of the molecule is CCOC(=O)COc1cccc(NC(=O)Cc2c(C)nn(-c3ccc(F)cc3)c2C)c1. The number of carbonyl (C=O) groups excluding carboxylic acids is 2.